The van der Waals surface area contributed by atoms with E-state index < -0.39 is 12.0 Å². The van der Waals surface area contributed by atoms with Crippen molar-refractivity contribution in [1.29, 1.82) is 0 Å². The third-order valence-electron chi connectivity index (χ3n) is 1.78. The lowest BCUT2D eigenvalue weighted by atomic mass is 10.1. The minimum absolute atomic E-state index is 0.381. The van der Waals surface area contributed by atoms with Crippen molar-refractivity contribution in [2.24, 2.45) is 11.7 Å². The van der Waals surface area contributed by atoms with Gasteiger partial charge in [0, 0.05) is 0 Å². The van der Waals surface area contributed by atoms with Crippen LogP contribution in [0.25, 0.3) is 0 Å². The first-order valence-electron chi connectivity index (χ1n) is 3.27. The molecule has 10 heavy (non-hydrogen) atoms. The molecule has 1 aliphatic carbocycles. The molecule has 56 valence electrons. The zero-order chi connectivity index (χ0) is 7.72. The molecule has 1 rings (SSSR count). The number of allylic oxidation sites excluding steroid dienone is 1. The molecule has 3 N–H and O–H groups in total. The van der Waals surface area contributed by atoms with Crippen LogP contribution in [0.2, 0.25) is 0 Å². The Balaban J connectivity index is 2.25. The number of aliphatic carboxylic acids is 1. The van der Waals surface area contributed by atoms with Crippen LogP contribution in [0, 0.1) is 5.92 Å². The largest absolute Gasteiger partial charge is 0.480 e. The van der Waals surface area contributed by atoms with Crippen LogP contribution in [0.1, 0.15) is 12.8 Å². The Morgan fingerprint density at radius 2 is 2.50 bits per heavy atom. The molecule has 0 spiro atoms. The van der Waals surface area contributed by atoms with Crippen molar-refractivity contribution < 1.29 is 9.90 Å². The van der Waals surface area contributed by atoms with Gasteiger partial charge in [0.2, 0.25) is 0 Å². The lowest BCUT2D eigenvalue weighted by Gasteiger charge is -2.02. The Morgan fingerprint density at radius 1 is 2.00 bits per heavy atom. The van der Waals surface area contributed by atoms with Crippen molar-refractivity contribution in [3.05, 3.63) is 12.2 Å². The highest BCUT2D eigenvalue weighted by atomic mass is 16.4. The van der Waals surface area contributed by atoms with Crippen molar-refractivity contribution in [3.8, 4) is 0 Å². The van der Waals surface area contributed by atoms with Crippen LogP contribution < -0.4 is 5.73 Å². The van der Waals surface area contributed by atoms with Gasteiger partial charge in [-0.2, -0.15) is 0 Å². The quantitative estimate of drug-likeness (QED) is 0.558. The van der Waals surface area contributed by atoms with Gasteiger partial charge in [0.25, 0.3) is 0 Å². The maximum absolute atomic E-state index is 10.2. The summed E-state index contributed by atoms with van der Waals surface area (Å²) in [6.07, 6.45) is 1.51. The lowest BCUT2D eigenvalue weighted by molar-refractivity contribution is -0.138. The Bertz CT molecular complexity index is 176. The van der Waals surface area contributed by atoms with E-state index in [-0.39, 0.29) is 0 Å². The molecule has 1 fully saturated rings. The normalized spacial score (nSPS) is 26.1. The molecule has 0 aromatic heterocycles. The molecule has 2 atom stereocenters. The van der Waals surface area contributed by atoms with E-state index in [0.29, 0.717) is 12.3 Å². The summed E-state index contributed by atoms with van der Waals surface area (Å²) in [6, 6.07) is -0.704. The summed E-state index contributed by atoms with van der Waals surface area (Å²) in [5.74, 6) is -0.536. The Morgan fingerprint density at radius 3 is 2.80 bits per heavy atom. The molecule has 0 radical (unpaired) electrons. The van der Waals surface area contributed by atoms with Crippen LogP contribution in [-0.4, -0.2) is 17.1 Å². The molecule has 0 aliphatic heterocycles. The van der Waals surface area contributed by atoms with Crippen molar-refractivity contribution in [3.63, 3.8) is 0 Å². The van der Waals surface area contributed by atoms with Crippen LogP contribution in [0.3, 0.4) is 0 Å². The fourth-order valence-corrected chi connectivity index (χ4v) is 0.915. The Hall–Kier alpha value is -0.830. The number of carboxylic acid groups (broad SMARTS) is 1. The summed E-state index contributed by atoms with van der Waals surface area (Å²) in [7, 11) is 0. The smallest absolute Gasteiger partial charge is 0.320 e. The standard InChI is InChI=1S/C7H11NO2/c1-4-2-5(4)3-6(8)7(9)10/h5-6H,1-3,8H2,(H,9,10)/t5-,6?/m1/s1. The SMILES string of the molecule is C=C1C[C@@H]1CC(N)C(=O)O. The lowest BCUT2D eigenvalue weighted by Crippen LogP contribution is -2.30. The molecular formula is C7H11NO2. The predicted octanol–water partition coefficient (Wildman–Crippen LogP) is 0.365. The first kappa shape index (κ1) is 7.28. The van der Waals surface area contributed by atoms with Crippen LogP contribution in [-0.2, 0) is 4.79 Å². The fourth-order valence-electron chi connectivity index (χ4n) is 0.915. The highest BCUT2D eigenvalue weighted by Crippen LogP contribution is 2.39. The molecular weight excluding hydrogens is 130 g/mol. The highest BCUT2D eigenvalue weighted by molar-refractivity contribution is 5.73. The third kappa shape index (κ3) is 1.57. The van der Waals surface area contributed by atoms with E-state index in [1.54, 1.807) is 0 Å². The molecule has 0 aromatic rings. The Labute approximate surface area is 59.5 Å². The van der Waals surface area contributed by atoms with Gasteiger partial charge >= 0.3 is 5.97 Å². The number of nitrogens with two attached hydrogens (primary N) is 1. The fraction of sp³-hybridized carbons (Fsp3) is 0.571. The molecule has 0 aromatic carbocycles. The minimum Gasteiger partial charge on any atom is -0.480 e. The predicted molar refractivity (Wildman–Crippen MR) is 37.5 cm³/mol. The van der Waals surface area contributed by atoms with Crippen LogP contribution in [0.5, 0.6) is 0 Å². The van der Waals surface area contributed by atoms with Crippen molar-refractivity contribution in [1.82, 2.24) is 0 Å². The topological polar surface area (TPSA) is 63.3 Å². The number of hydrogen-bond donors (Lipinski definition) is 2. The zero-order valence-electron chi connectivity index (χ0n) is 5.71. The minimum atomic E-state index is -0.917. The number of carbonyl (C=O) groups is 1. The van der Waals surface area contributed by atoms with Gasteiger partial charge in [0.15, 0.2) is 0 Å². The molecule has 3 heteroatoms. The highest BCUT2D eigenvalue weighted by Gasteiger charge is 2.30. The maximum Gasteiger partial charge on any atom is 0.320 e. The molecule has 0 heterocycles. The molecule has 3 nitrogen and oxygen atoms in total. The van der Waals surface area contributed by atoms with E-state index in [1.165, 1.54) is 0 Å². The van der Waals surface area contributed by atoms with E-state index in [1.807, 2.05) is 0 Å². The van der Waals surface area contributed by atoms with Gasteiger partial charge < -0.3 is 10.8 Å². The third-order valence-corrected chi connectivity index (χ3v) is 1.78. The summed E-state index contributed by atoms with van der Waals surface area (Å²) in [4.78, 5) is 10.2. The molecule has 0 amide bonds. The van der Waals surface area contributed by atoms with Crippen molar-refractivity contribution >= 4 is 5.97 Å². The van der Waals surface area contributed by atoms with E-state index in [0.717, 1.165) is 12.0 Å². The van der Waals surface area contributed by atoms with E-state index in [4.69, 9.17) is 10.8 Å². The summed E-state index contributed by atoms with van der Waals surface area (Å²) in [5.41, 5.74) is 6.41. The van der Waals surface area contributed by atoms with Crippen LogP contribution in [0.15, 0.2) is 12.2 Å². The number of carboxylic acids is 1. The second-order valence-electron chi connectivity index (χ2n) is 2.74. The summed E-state index contributed by atoms with van der Waals surface area (Å²) < 4.78 is 0. The maximum atomic E-state index is 10.2. The van der Waals surface area contributed by atoms with Gasteiger partial charge in [-0.1, -0.05) is 12.2 Å². The molecule has 0 saturated heterocycles. The van der Waals surface area contributed by atoms with E-state index in [2.05, 4.69) is 6.58 Å². The zero-order valence-corrected chi connectivity index (χ0v) is 5.71. The second-order valence-corrected chi connectivity index (χ2v) is 2.74. The second kappa shape index (κ2) is 2.42. The first-order chi connectivity index (χ1) is 4.61. The van der Waals surface area contributed by atoms with Crippen LogP contribution >= 0.6 is 0 Å². The van der Waals surface area contributed by atoms with Gasteiger partial charge in [0.05, 0.1) is 0 Å². The summed E-state index contributed by atoms with van der Waals surface area (Å²) >= 11 is 0. The van der Waals surface area contributed by atoms with Crippen LogP contribution in [0.4, 0.5) is 0 Å². The first-order valence-corrected chi connectivity index (χ1v) is 3.27. The monoisotopic (exact) mass is 141 g/mol. The molecule has 1 saturated carbocycles. The molecule has 1 unspecified atom stereocenters. The number of rotatable bonds is 3. The average molecular weight is 141 g/mol. The van der Waals surface area contributed by atoms with Crippen molar-refractivity contribution in [2.75, 3.05) is 0 Å². The van der Waals surface area contributed by atoms with Gasteiger partial charge in [-0.05, 0) is 18.8 Å². The number of hydrogen-bond acceptors (Lipinski definition) is 2. The van der Waals surface area contributed by atoms with E-state index in [9.17, 15) is 4.79 Å². The van der Waals surface area contributed by atoms with Gasteiger partial charge in [0.1, 0.15) is 6.04 Å². The summed E-state index contributed by atoms with van der Waals surface area (Å²) in [5, 5.41) is 8.39. The molecule has 1 aliphatic rings. The summed E-state index contributed by atoms with van der Waals surface area (Å²) in [6.45, 7) is 3.71. The van der Waals surface area contributed by atoms with Gasteiger partial charge in [-0.15, -0.1) is 0 Å². The van der Waals surface area contributed by atoms with E-state index >= 15 is 0 Å². The van der Waals surface area contributed by atoms with Crippen molar-refractivity contribution in [2.45, 2.75) is 18.9 Å². The van der Waals surface area contributed by atoms with Gasteiger partial charge in [-0.3, -0.25) is 4.79 Å². The molecule has 0 bridgehead atoms. The average Bonchev–Trinajstić information content (AvgIpc) is 2.46. The van der Waals surface area contributed by atoms with Gasteiger partial charge in [-0.25, -0.2) is 0 Å². The Kier molecular flexibility index (Phi) is 1.76.